The van der Waals surface area contributed by atoms with Gasteiger partial charge in [0.25, 0.3) is 5.91 Å². The summed E-state index contributed by atoms with van der Waals surface area (Å²) in [5, 5.41) is 18.8. The fourth-order valence-electron chi connectivity index (χ4n) is 4.21. The summed E-state index contributed by atoms with van der Waals surface area (Å²) in [6, 6.07) is 17.7. The van der Waals surface area contributed by atoms with E-state index in [1.807, 2.05) is 24.3 Å². The largest absolute Gasteiger partial charge is 0.390 e. The van der Waals surface area contributed by atoms with Crippen LogP contribution >= 0.6 is 24.8 Å². The molecule has 0 spiro atoms. The third-order valence-electron chi connectivity index (χ3n) is 6.14. The average Bonchev–Trinajstić information content (AvgIpc) is 2.87. The number of nitrogens with zero attached hydrogens (tertiary/aromatic N) is 1. The molecular weight excluding hydrogens is 531 g/mol. The summed E-state index contributed by atoms with van der Waals surface area (Å²) >= 11 is 0. The number of aromatic nitrogens is 1. The zero-order chi connectivity index (χ0) is 25.5. The summed E-state index contributed by atoms with van der Waals surface area (Å²) in [6.07, 6.45) is 3.34. The predicted octanol–water partition coefficient (Wildman–Crippen LogP) is 5.41. The Morgan fingerprint density at radius 2 is 1.66 bits per heavy atom. The van der Waals surface area contributed by atoms with Crippen LogP contribution in [0.2, 0.25) is 0 Å². The van der Waals surface area contributed by atoms with E-state index in [1.54, 1.807) is 24.5 Å². The monoisotopic (exact) mass is 561 g/mol. The quantitative estimate of drug-likeness (QED) is 0.242. The molecule has 3 N–H and O–H groups in total. The molecule has 9 heteroatoms. The molecule has 1 amide bonds. The molecule has 0 radical (unpaired) electrons. The van der Waals surface area contributed by atoms with Crippen molar-refractivity contribution in [2.45, 2.75) is 38.5 Å². The lowest BCUT2D eigenvalue weighted by molar-refractivity contribution is 0.0830. The Bertz CT molecular complexity index is 1340. The van der Waals surface area contributed by atoms with Crippen molar-refractivity contribution in [1.29, 1.82) is 0 Å². The Kier molecular flexibility index (Phi) is 12.1. The third-order valence-corrected chi connectivity index (χ3v) is 6.14. The number of carbonyl (C=O) groups excluding carboxylic acids is 1. The van der Waals surface area contributed by atoms with E-state index in [2.05, 4.69) is 34.7 Å². The fraction of sp³-hybridized carbons (Fsp3) is 0.241. The highest BCUT2D eigenvalue weighted by molar-refractivity contribution is 5.98. The van der Waals surface area contributed by atoms with Gasteiger partial charge in [0, 0.05) is 42.5 Å². The van der Waals surface area contributed by atoms with Gasteiger partial charge in [-0.25, -0.2) is 8.78 Å². The molecular formula is C29H31Cl2F2N3O2. The van der Waals surface area contributed by atoms with Gasteiger partial charge in [0.2, 0.25) is 0 Å². The van der Waals surface area contributed by atoms with Crippen LogP contribution in [0.25, 0.3) is 10.8 Å². The Balaban J connectivity index is 0.00000253. The van der Waals surface area contributed by atoms with Gasteiger partial charge in [-0.2, -0.15) is 0 Å². The summed E-state index contributed by atoms with van der Waals surface area (Å²) in [5.74, 6) is -1.81. The van der Waals surface area contributed by atoms with E-state index in [4.69, 9.17) is 0 Å². The zero-order valence-corrected chi connectivity index (χ0v) is 22.5. The molecule has 4 rings (SSSR count). The third kappa shape index (κ3) is 8.46. The molecule has 4 aromatic rings. The van der Waals surface area contributed by atoms with Crippen LogP contribution in [-0.4, -0.2) is 34.7 Å². The van der Waals surface area contributed by atoms with Crippen molar-refractivity contribution in [3.8, 4) is 0 Å². The summed E-state index contributed by atoms with van der Waals surface area (Å²) in [4.78, 5) is 17.2. The maximum Gasteiger partial charge on any atom is 0.251 e. The molecule has 0 saturated carbocycles. The number of nitrogens with one attached hydrogen (secondary N) is 2. The first-order chi connectivity index (χ1) is 17.4. The van der Waals surface area contributed by atoms with Crippen LogP contribution in [0.5, 0.6) is 0 Å². The maximum atomic E-state index is 13.8. The summed E-state index contributed by atoms with van der Waals surface area (Å²) in [7, 11) is 0. The molecule has 0 aliphatic rings. The fourth-order valence-corrected chi connectivity index (χ4v) is 4.21. The van der Waals surface area contributed by atoms with Gasteiger partial charge < -0.3 is 15.7 Å². The Morgan fingerprint density at radius 1 is 0.921 bits per heavy atom. The predicted molar refractivity (Wildman–Crippen MR) is 151 cm³/mol. The molecule has 0 aliphatic heterocycles. The lowest BCUT2D eigenvalue weighted by Crippen LogP contribution is -2.48. The highest BCUT2D eigenvalue weighted by Gasteiger charge is 2.23. The molecule has 5 nitrogen and oxygen atoms in total. The Labute approximate surface area is 233 Å². The minimum Gasteiger partial charge on any atom is -0.390 e. The minimum absolute atomic E-state index is 0. The van der Waals surface area contributed by atoms with Crippen LogP contribution in [0.4, 0.5) is 8.78 Å². The van der Waals surface area contributed by atoms with Gasteiger partial charge in [-0.1, -0.05) is 37.3 Å². The Hall–Kier alpha value is -3.10. The van der Waals surface area contributed by atoms with E-state index < -0.39 is 29.7 Å². The van der Waals surface area contributed by atoms with Crippen molar-refractivity contribution < 1.29 is 18.7 Å². The van der Waals surface area contributed by atoms with Crippen LogP contribution < -0.4 is 10.6 Å². The van der Waals surface area contributed by atoms with Gasteiger partial charge >= 0.3 is 0 Å². The van der Waals surface area contributed by atoms with Gasteiger partial charge in [-0.15, -0.1) is 24.8 Å². The summed E-state index contributed by atoms with van der Waals surface area (Å²) in [5.41, 5.74) is 3.05. The SMILES string of the molecule is CCc1cccc(CNCC(O)C(Cc2cc(F)cc(F)c2)NC(=O)c2ccc3ccncc3c2)c1.Cl.Cl. The second-order valence-electron chi connectivity index (χ2n) is 8.87. The molecule has 202 valence electrons. The number of halogens is 4. The van der Waals surface area contributed by atoms with Crippen molar-refractivity contribution in [2.24, 2.45) is 0 Å². The van der Waals surface area contributed by atoms with Crippen LogP contribution in [-0.2, 0) is 19.4 Å². The van der Waals surface area contributed by atoms with Crippen molar-refractivity contribution in [3.05, 3.63) is 113 Å². The van der Waals surface area contributed by atoms with Crippen molar-refractivity contribution >= 4 is 41.5 Å². The number of aryl methyl sites for hydroxylation is 1. The first kappa shape index (κ1) is 31.1. The van der Waals surface area contributed by atoms with Crippen molar-refractivity contribution in [3.63, 3.8) is 0 Å². The Morgan fingerprint density at radius 3 is 2.39 bits per heavy atom. The van der Waals surface area contributed by atoms with Gasteiger partial charge in [-0.3, -0.25) is 9.78 Å². The first-order valence-corrected chi connectivity index (χ1v) is 12.0. The number of amides is 1. The van der Waals surface area contributed by atoms with E-state index in [9.17, 15) is 18.7 Å². The molecule has 1 aromatic heterocycles. The average molecular weight is 562 g/mol. The first-order valence-electron chi connectivity index (χ1n) is 12.0. The maximum absolute atomic E-state index is 13.8. The molecule has 38 heavy (non-hydrogen) atoms. The summed E-state index contributed by atoms with van der Waals surface area (Å²) in [6.45, 7) is 2.81. The van der Waals surface area contributed by atoms with Crippen molar-refractivity contribution in [1.82, 2.24) is 15.6 Å². The zero-order valence-electron chi connectivity index (χ0n) is 20.9. The van der Waals surface area contributed by atoms with E-state index in [-0.39, 0.29) is 37.8 Å². The highest BCUT2D eigenvalue weighted by Crippen LogP contribution is 2.16. The number of aliphatic hydroxyl groups is 1. The number of benzene rings is 3. The molecule has 0 aliphatic carbocycles. The molecule has 3 aromatic carbocycles. The van der Waals surface area contributed by atoms with Gasteiger partial charge in [-0.05, 0) is 65.3 Å². The second kappa shape index (κ2) is 14.7. The van der Waals surface area contributed by atoms with Crippen LogP contribution in [0.3, 0.4) is 0 Å². The molecule has 2 unspecified atom stereocenters. The number of fused-ring (bicyclic) bond motifs is 1. The van der Waals surface area contributed by atoms with E-state index in [1.165, 1.54) is 17.7 Å². The molecule has 2 atom stereocenters. The number of hydrogen-bond acceptors (Lipinski definition) is 4. The minimum atomic E-state index is -1.00. The van der Waals surface area contributed by atoms with Crippen molar-refractivity contribution in [2.75, 3.05) is 6.54 Å². The number of aliphatic hydroxyl groups excluding tert-OH is 1. The highest BCUT2D eigenvalue weighted by atomic mass is 35.5. The second-order valence-corrected chi connectivity index (χ2v) is 8.87. The van der Waals surface area contributed by atoms with Gasteiger partial charge in [0.15, 0.2) is 0 Å². The van der Waals surface area contributed by atoms with E-state index in [0.29, 0.717) is 17.7 Å². The molecule has 0 fully saturated rings. The lowest BCUT2D eigenvalue weighted by Gasteiger charge is -2.25. The molecule has 0 bridgehead atoms. The summed E-state index contributed by atoms with van der Waals surface area (Å²) < 4.78 is 27.6. The number of hydrogen-bond donors (Lipinski definition) is 3. The van der Waals surface area contributed by atoms with E-state index in [0.717, 1.165) is 28.8 Å². The number of pyridine rings is 1. The van der Waals surface area contributed by atoms with Gasteiger partial charge in [0.1, 0.15) is 11.6 Å². The lowest BCUT2D eigenvalue weighted by atomic mass is 9.99. The van der Waals surface area contributed by atoms with Crippen LogP contribution in [0.1, 0.15) is 34.0 Å². The van der Waals surface area contributed by atoms with Gasteiger partial charge in [0.05, 0.1) is 12.1 Å². The topological polar surface area (TPSA) is 74.2 Å². The normalized spacial score (nSPS) is 12.2. The smallest absolute Gasteiger partial charge is 0.251 e. The van der Waals surface area contributed by atoms with E-state index >= 15 is 0 Å². The van der Waals surface area contributed by atoms with Crippen LogP contribution in [0, 0.1) is 11.6 Å². The number of carbonyl (C=O) groups is 1. The standard InChI is InChI=1S/C29H29F2N3O2.2ClH/c1-2-19-4-3-5-20(10-19)16-33-18-28(35)27(13-21-11-25(30)15-26(31)12-21)34-29(36)23-7-6-22-8-9-32-17-24(22)14-23;;/h3-12,14-15,17,27-28,33,35H,2,13,16,18H2,1H3,(H,34,36);2*1H. The van der Waals surface area contributed by atoms with Crippen LogP contribution in [0.15, 0.2) is 79.1 Å². The molecule has 1 heterocycles. The molecule has 0 saturated heterocycles. The number of rotatable bonds is 10.